The molecule has 146 valence electrons. The van der Waals surface area contributed by atoms with Crippen LogP contribution in [0.5, 0.6) is 0 Å². The van der Waals surface area contributed by atoms with E-state index >= 15 is 0 Å². The van der Waals surface area contributed by atoms with E-state index in [1.807, 2.05) is 24.3 Å². The molecule has 1 amide bonds. The van der Waals surface area contributed by atoms with Crippen molar-refractivity contribution in [1.29, 1.82) is 0 Å². The van der Waals surface area contributed by atoms with Crippen molar-refractivity contribution < 1.29 is 14.3 Å². The first-order valence-corrected chi connectivity index (χ1v) is 10.5. The summed E-state index contributed by atoms with van der Waals surface area (Å²) in [6, 6.07) is 7.78. The van der Waals surface area contributed by atoms with Crippen molar-refractivity contribution in [1.82, 2.24) is 0 Å². The van der Waals surface area contributed by atoms with Crippen LogP contribution < -0.4 is 5.32 Å². The van der Waals surface area contributed by atoms with Gasteiger partial charge in [-0.25, -0.2) is 0 Å². The second-order valence-electron chi connectivity index (χ2n) is 9.27. The maximum atomic E-state index is 12.6. The minimum Gasteiger partial charge on any atom is -0.453 e. The largest absolute Gasteiger partial charge is 0.453 e. The molecule has 0 spiro atoms. The Bertz CT molecular complexity index is 674. The summed E-state index contributed by atoms with van der Waals surface area (Å²) in [5, 5.41) is 2.84. The first-order chi connectivity index (χ1) is 12.9. The van der Waals surface area contributed by atoms with Crippen molar-refractivity contribution in [2.45, 2.75) is 71.3 Å². The van der Waals surface area contributed by atoms with Crippen LogP contribution >= 0.6 is 0 Å². The summed E-state index contributed by atoms with van der Waals surface area (Å²) in [5.74, 6) is 1.97. The van der Waals surface area contributed by atoms with Gasteiger partial charge in [-0.1, -0.05) is 19.1 Å². The van der Waals surface area contributed by atoms with Gasteiger partial charge in [0.15, 0.2) is 6.10 Å². The van der Waals surface area contributed by atoms with Gasteiger partial charge in [-0.05, 0) is 92.7 Å². The molecular weight excluding hydrogens is 338 g/mol. The topological polar surface area (TPSA) is 55.4 Å². The molecule has 0 aromatic heterocycles. The Balaban J connectivity index is 1.30. The van der Waals surface area contributed by atoms with E-state index in [1.165, 1.54) is 44.1 Å². The van der Waals surface area contributed by atoms with Crippen molar-refractivity contribution in [2.75, 3.05) is 5.32 Å². The molecule has 4 fully saturated rings. The van der Waals surface area contributed by atoms with Gasteiger partial charge in [-0.15, -0.1) is 0 Å². The zero-order valence-electron chi connectivity index (χ0n) is 16.5. The predicted octanol–water partition coefficient (Wildman–Crippen LogP) is 4.73. The second kappa shape index (κ2) is 7.29. The number of hydrogen-bond donors (Lipinski definition) is 1. The van der Waals surface area contributed by atoms with E-state index in [9.17, 15) is 9.59 Å². The average molecular weight is 370 g/mol. The Kier molecular flexibility index (Phi) is 5.00. The van der Waals surface area contributed by atoms with Crippen LogP contribution in [0, 0.1) is 23.2 Å². The zero-order chi connectivity index (χ0) is 19.0. The molecule has 1 aromatic rings. The third-order valence-corrected chi connectivity index (χ3v) is 6.99. The van der Waals surface area contributed by atoms with Crippen LogP contribution in [0.3, 0.4) is 0 Å². The lowest BCUT2D eigenvalue weighted by molar-refractivity contribution is -0.160. The standard InChI is InChI=1S/C23H31NO3/c1-3-16-4-6-20(7-5-16)24-22(26)15(2)27-21(25)14-23-11-17-8-18(12-23)10-19(9-17)13-23/h4-7,15,17-19H,3,8-14H2,1-2H3,(H,24,26)/t15-,17?,18?,19?,23?/m1/s1. The first-order valence-electron chi connectivity index (χ1n) is 10.5. The molecule has 1 atom stereocenters. The fourth-order valence-electron chi connectivity index (χ4n) is 6.17. The molecule has 27 heavy (non-hydrogen) atoms. The van der Waals surface area contributed by atoms with E-state index in [-0.39, 0.29) is 17.3 Å². The van der Waals surface area contributed by atoms with Gasteiger partial charge in [0.25, 0.3) is 5.91 Å². The lowest BCUT2D eigenvalue weighted by Gasteiger charge is -2.56. The van der Waals surface area contributed by atoms with Crippen LogP contribution in [-0.4, -0.2) is 18.0 Å². The molecule has 4 bridgehead atoms. The molecule has 0 radical (unpaired) electrons. The SMILES string of the molecule is CCc1ccc(NC(=O)[C@@H](C)OC(=O)CC23CC4CC(CC(C4)C2)C3)cc1. The second-order valence-corrected chi connectivity index (χ2v) is 9.27. The Morgan fingerprint density at radius 1 is 1.07 bits per heavy atom. The molecule has 0 unspecified atom stereocenters. The summed E-state index contributed by atoms with van der Waals surface area (Å²) in [6.45, 7) is 3.76. The Labute approximate surface area is 162 Å². The summed E-state index contributed by atoms with van der Waals surface area (Å²) < 4.78 is 5.52. The molecule has 4 saturated carbocycles. The molecular formula is C23H31NO3. The van der Waals surface area contributed by atoms with Crippen LogP contribution in [0.4, 0.5) is 5.69 Å². The molecule has 0 heterocycles. The number of carbonyl (C=O) groups excluding carboxylic acids is 2. The quantitative estimate of drug-likeness (QED) is 0.738. The van der Waals surface area contributed by atoms with Crippen molar-refractivity contribution in [2.24, 2.45) is 23.2 Å². The summed E-state index contributed by atoms with van der Waals surface area (Å²) >= 11 is 0. The van der Waals surface area contributed by atoms with Gasteiger partial charge in [-0.2, -0.15) is 0 Å². The first kappa shape index (κ1) is 18.5. The van der Waals surface area contributed by atoms with Crippen LogP contribution in [0.2, 0.25) is 0 Å². The number of amides is 1. The molecule has 5 rings (SSSR count). The molecule has 4 nitrogen and oxygen atoms in total. The molecule has 1 N–H and O–H groups in total. The highest BCUT2D eigenvalue weighted by Gasteiger charge is 2.51. The van der Waals surface area contributed by atoms with E-state index in [1.54, 1.807) is 6.92 Å². The van der Waals surface area contributed by atoms with Gasteiger partial charge in [0, 0.05) is 5.69 Å². The number of hydrogen-bond acceptors (Lipinski definition) is 3. The minimum absolute atomic E-state index is 0.151. The Morgan fingerprint density at radius 2 is 1.63 bits per heavy atom. The van der Waals surface area contributed by atoms with Gasteiger partial charge >= 0.3 is 5.97 Å². The highest BCUT2D eigenvalue weighted by molar-refractivity contribution is 5.95. The van der Waals surface area contributed by atoms with E-state index in [4.69, 9.17) is 4.74 Å². The molecule has 4 aliphatic rings. The molecule has 4 heteroatoms. The maximum absolute atomic E-state index is 12.6. The minimum atomic E-state index is -0.766. The van der Waals surface area contributed by atoms with Crippen molar-refractivity contribution >= 4 is 17.6 Å². The van der Waals surface area contributed by atoms with Gasteiger partial charge in [0.2, 0.25) is 0 Å². The predicted molar refractivity (Wildman–Crippen MR) is 105 cm³/mol. The van der Waals surface area contributed by atoms with E-state index in [2.05, 4.69) is 12.2 Å². The van der Waals surface area contributed by atoms with Crippen molar-refractivity contribution in [3.63, 3.8) is 0 Å². The molecule has 0 saturated heterocycles. The van der Waals surface area contributed by atoms with Gasteiger partial charge in [0.1, 0.15) is 0 Å². The lowest BCUT2D eigenvalue weighted by Crippen LogP contribution is -2.47. The summed E-state index contributed by atoms with van der Waals surface area (Å²) in [4.78, 5) is 25.0. The fourth-order valence-corrected chi connectivity index (χ4v) is 6.17. The maximum Gasteiger partial charge on any atom is 0.307 e. The third kappa shape index (κ3) is 4.04. The van der Waals surface area contributed by atoms with Gasteiger partial charge in [-0.3, -0.25) is 9.59 Å². The third-order valence-electron chi connectivity index (χ3n) is 6.99. The van der Waals surface area contributed by atoms with Crippen molar-refractivity contribution in [3.8, 4) is 0 Å². The van der Waals surface area contributed by atoms with Gasteiger partial charge in [0.05, 0.1) is 6.42 Å². The van der Waals surface area contributed by atoms with E-state index in [0.717, 1.165) is 29.9 Å². The highest BCUT2D eigenvalue weighted by atomic mass is 16.5. The summed E-state index contributed by atoms with van der Waals surface area (Å²) in [7, 11) is 0. The number of rotatable bonds is 6. The number of anilines is 1. The van der Waals surface area contributed by atoms with Crippen LogP contribution in [0.15, 0.2) is 24.3 Å². The van der Waals surface area contributed by atoms with E-state index < -0.39 is 6.10 Å². The van der Waals surface area contributed by atoms with Crippen LogP contribution in [-0.2, 0) is 20.7 Å². The number of aryl methyl sites for hydroxylation is 1. The summed E-state index contributed by atoms with van der Waals surface area (Å²) in [5.41, 5.74) is 2.11. The van der Waals surface area contributed by atoms with Crippen LogP contribution in [0.1, 0.15) is 64.4 Å². The zero-order valence-corrected chi connectivity index (χ0v) is 16.5. The van der Waals surface area contributed by atoms with Crippen LogP contribution in [0.25, 0.3) is 0 Å². The highest BCUT2D eigenvalue weighted by Crippen LogP contribution is 2.61. The van der Waals surface area contributed by atoms with Crippen molar-refractivity contribution in [3.05, 3.63) is 29.8 Å². The lowest BCUT2D eigenvalue weighted by atomic mass is 9.49. The van der Waals surface area contributed by atoms with E-state index in [0.29, 0.717) is 6.42 Å². The molecule has 0 aliphatic heterocycles. The van der Waals surface area contributed by atoms with Gasteiger partial charge < -0.3 is 10.1 Å². The summed E-state index contributed by atoms with van der Waals surface area (Å²) in [6.07, 6.45) is 8.32. The number of esters is 1. The fraction of sp³-hybridized carbons (Fsp3) is 0.652. The smallest absolute Gasteiger partial charge is 0.307 e. The monoisotopic (exact) mass is 369 g/mol. The number of nitrogens with one attached hydrogen (secondary N) is 1. The number of benzene rings is 1. The number of ether oxygens (including phenoxy) is 1. The molecule has 4 aliphatic carbocycles. The molecule has 1 aromatic carbocycles. The average Bonchev–Trinajstić information content (AvgIpc) is 2.60. The Morgan fingerprint density at radius 3 is 2.15 bits per heavy atom. The normalized spacial score (nSPS) is 32.1. The Hall–Kier alpha value is -1.84. The number of carbonyl (C=O) groups is 2.